The first-order chi connectivity index (χ1) is 17.2. The summed E-state index contributed by atoms with van der Waals surface area (Å²) in [7, 11) is 0. The van der Waals surface area contributed by atoms with Gasteiger partial charge in [-0.3, -0.25) is 9.20 Å². The Balaban J connectivity index is 1.55. The van der Waals surface area contributed by atoms with Gasteiger partial charge in [-0.25, -0.2) is 18.4 Å². The monoisotopic (exact) mass is 486 g/mol. The van der Waals surface area contributed by atoms with Crippen molar-refractivity contribution in [3.05, 3.63) is 111 Å². The Bertz CT molecular complexity index is 1690. The predicted molar refractivity (Wildman–Crippen MR) is 134 cm³/mol. The summed E-state index contributed by atoms with van der Waals surface area (Å²) in [6.07, 6.45) is 1.62. The summed E-state index contributed by atoms with van der Waals surface area (Å²) in [5, 5.41) is 4.76. The fourth-order valence-corrected chi connectivity index (χ4v) is 4.23. The van der Waals surface area contributed by atoms with Crippen molar-refractivity contribution in [1.82, 2.24) is 19.2 Å². The number of aromatic nitrogens is 4. The lowest BCUT2D eigenvalue weighted by Crippen LogP contribution is -2.19. The first-order valence-corrected chi connectivity index (χ1v) is 11.5. The molecule has 5 aromatic rings. The van der Waals surface area contributed by atoms with Gasteiger partial charge in [0.05, 0.1) is 16.9 Å². The van der Waals surface area contributed by atoms with Crippen molar-refractivity contribution in [2.75, 3.05) is 0 Å². The van der Waals surface area contributed by atoms with Crippen LogP contribution in [-0.4, -0.2) is 19.2 Å². The molecule has 0 saturated carbocycles. The molecule has 5 rings (SSSR count). The molecule has 0 aliphatic carbocycles. The Kier molecular flexibility index (Phi) is 5.88. The predicted octanol–water partition coefficient (Wildman–Crippen LogP) is 5.64. The highest BCUT2D eigenvalue weighted by Gasteiger charge is 2.19. The molecule has 0 amide bonds. The van der Waals surface area contributed by atoms with Gasteiger partial charge < -0.3 is 4.74 Å². The lowest BCUT2D eigenvalue weighted by Gasteiger charge is -2.12. The van der Waals surface area contributed by atoms with E-state index in [2.05, 4.69) is 17.1 Å². The van der Waals surface area contributed by atoms with Gasteiger partial charge in [0.15, 0.2) is 23.0 Å². The molecule has 0 fully saturated rings. The molecule has 0 spiro atoms. The van der Waals surface area contributed by atoms with E-state index in [9.17, 15) is 13.6 Å². The summed E-state index contributed by atoms with van der Waals surface area (Å²) < 4.78 is 35.9. The van der Waals surface area contributed by atoms with Crippen molar-refractivity contribution in [2.24, 2.45) is 0 Å². The van der Waals surface area contributed by atoms with Gasteiger partial charge in [0.25, 0.3) is 5.56 Å². The number of pyridine rings is 1. The molecular weight excluding hydrogens is 462 g/mol. The number of hydrogen-bond donors (Lipinski definition) is 0. The zero-order valence-corrected chi connectivity index (χ0v) is 20.3. The third kappa shape index (κ3) is 4.15. The van der Waals surface area contributed by atoms with E-state index < -0.39 is 11.6 Å². The first kappa shape index (κ1) is 23.4. The van der Waals surface area contributed by atoms with Crippen LogP contribution in [0, 0.1) is 39.3 Å². The molecule has 2 aromatic carbocycles. The maximum Gasteiger partial charge on any atom is 0.267 e. The lowest BCUT2D eigenvalue weighted by atomic mass is 10.1. The maximum absolute atomic E-state index is 13.6. The number of rotatable bonds is 5. The molecule has 0 bridgehead atoms. The summed E-state index contributed by atoms with van der Waals surface area (Å²) in [6, 6.07) is 15.0. The molecule has 182 valence electrons. The molecular formula is C28H24F2N4O2. The number of ether oxygens (including phenoxy) is 1. The van der Waals surface area contributed by atoms with Crippen molar-refractivity contribution in [2.45, 2.75) is 34.3 Å². The number of fused-ring (bicyclic) bond motifs is 1. The normalized spacial score (nSPS) is 11.3. The minimum atomic E-state index is -0.945. The third-order valence-electron chi connectivity index (χ3n) is 6.11. The Labute approximate surface area is 206 Å². The quantitative estimate of drug-likeness (QED) is 0.323. The summed E-state index contributed by atoms with van der Waals surface area (Å²) in [6.45, 7) is 7.75. The number of benzene rings is 2. The van der Waals surface area contributed by atoms with Crippen LogP contribution in [0.15, 0.2) is 65.6 Å². The highest BCUT2D eigenvalue weighted by molar-refractivity contribution is 5.66. The number of aryl methyl sites for hydroxylation is 4. The van der Waals surface area contributed by atoms with Gasteiger partial charge in [-0.2, -0.15) is 5.10 Å². The lowest BCUT2D eigenvalue weighted by molar-refractivity contribution is 0.306. The molecule has 3 heterocycles. The van der Waals surface area contributed by atoms with Crippen LogP contribution in [0.3, 0.4) is 0 Å². The van der Waals surface area contributed by atoms with Crippen molar-refractivity contribution in [3.63, 3.8) is 0 Å². The van der Waals surface area contributed by atoms with E-state index in [0.717, 1.165) is 34.6 Å². The Morgan fingerprint density at radius 3 is 2.53 bits per heavy atom. The van der Waals surface area contributed by atoms with Gasteiger partial charge in [0.1, 0.15) is 12.3 Å². The van der Waals surface area contributed by atoms with Crippen LogP contribution in [0.1, 0.15) is 28.1 Å². The van der Waals surface area contributed by atoms with Crippen LogP contribution >= 0.6 is 0 Å². The third-order valence-corrected chi connectivity index (χ3v) is 6.11. The van der Waals surface area contributed by atoms with E-state index >= 15 is 0 Å². The second kappa shape index (κ2) is 9.03. The van der Waals surface area contributed by atoms with E-state index in [-0.39, 0.29) is 12.2 Å². The highest BCUT2D eigenvalue weighted by Crippen LogP contribution is 2.26. The van der Waals surface area contributed by atoms with Crippen LogP contribution in [0.2, 0.25) is 0 Å². The zero-order chi connectivity index (χ0) is 25.6. The Hall–Kier alpha value is -4.33. The standard InChI is InChI=1S/C28H24F2N4O2/c1-16-7-8-17(2)24(12-16)34-18(3)13-23(32-34)26-19(4)31-27-25(6-5-11-33(27)28(26)35)36-15-20-9-10-21(29)22(30)14-20/h5-14H,15H2,1-4H3. The molecule has 6 nitrogen and oxygen atoms in total. The molecule has 0 aliphatic rings. The molecule has 0 saturated heterocycles. The summed E-state index contributed by atoms with van der Waals surface area (Å²) in [4.78, 5) is 18.2. The summed E-state index contributed by atoms with van der Waals surface area (Å²) in [5.41, 5.74) is 6.00. The number of nitrogens with zero attached hydrogens (tertiary/aromatic N) is 4. The van der Waals surface area contributed by atoms with Gasteiger partial charge in [0, 0.05) is 11.9 Å². The van der Waals surface area contributed by atoms with E-state index in [1.54, 1.807) is 25.3 Å². The number of hydrogen-bond acceptors (Lipinski definition) is 4. The van der Waals surface area contributed by atoms with Crippen molar-refractivity contribution in [1.29, 1.82) is 0 Å². The molecule has 36 heavy (non-hydrogen) atoms. The fourth-order valence-electron chi connectivity index (χ4n) is 4.23. The first-order valence-electron chi connectivity index (χ1n) is 11.5. The highest BCUT2D eigenvalue weighted by atomic mass is 19.2. The average Bonchev–Trinajstić information content (AvgIpc) is 3.22. The molecule has 8 heteroatoms. The minimum absolute atomic E-state index is 0.00696. The molecule has 3 aromatic heterocycles. The molecule has 0 unspecified atom stereocenters. The van der Waals surface area contributed by atoms with Crippen LogP contribution in [0.25, 0.3) is 22.6 Å². The van der Waals surface area contributed by atoms with E-state index in [1.807, 2.05) is 37.6 Å². The van der Waals surface area contributed by atoms with Crippen LogP contribution in [-0.2, 0) is 6.61 Å². The fraction of sp³-hybridized carbons (Fsp3) is 0.179. The van der Waals surface area contributed by atoms with Crippen LogP contribution < -0.4 is 10.3 Å². The van der Waals surface area contributed by atoms with Gasteiger partial charge in [-0.05, 0) is 80.8 Å². The molecule has 0 atom stereocenters. The second-order valence-electron chi connectivity index (χ2n) is 8.85. The van der Waals surface area contributed by atoms with Crippen LogP contribution in [0.5, 0.6) is 5.75 Å². The molecule has 0 aliphatic heterocycles. The summed E-state index contributed by atoms with van der Waals surface area (Å²) >= 11 is 0. The van der Waals surface area contributed by atoms with E-state index in [0.29, 0.717) is 33.9 Å². The van der Waals surface area contributed by atoms with Crippen LogP contribution in [0.4, 0.5) is 8.78 Å². The van der Waals surface area contributed by atoms with Gasteiger partial charge in [-0.1, -0.05) is 18.2 Å². The molecule has 0 N–H and O–H groups in total. The van der Waals surface area contributed by atoms with Crippen molar-refractivity contribution >= 4 is 5.65 Å². The van der Waals surface area contributed by atoms with E-state index in [4.69, 9.17) is 9.84 Å². The zero-order valence-electron chi connectivity index (χ0n) is 20.3. The topological polar surface area (TPSA) is 61.4 Å². The number of halogens is 2. The van der Waals surface area contributed by atoms with Gasteiger partial charge in [-0.15, -0.1) is 0 Å². The maximum atomic E-state index is 13.6. The molecule has 0 radical (unpaired) electrons. The van der Waals surface area contributed by atoms with Gasteiger partial charge in [0.2, 0.25) is 0 Å². The Morgan fingerprint density at radius 2 is 1.75 bits per heavy atom. The van der Waals surface area contributed by atoms with E-state index in [1.165, 1.54) is 10.5 Å². The smallest absolute Gasteiger partial charge is 0.267 e. The minimum Gasteiger partial charge on any atom is -0.485 e. The average molecular weight is 487 g/mol. The van der Waals surface area contributed by atoms with Crippen molar-refractivity contribution in [3.8, 4) is 22.7 Å². The Morgan fingerprint density at radius 1 is 0.944 bits per heavy atom. The van der Waals surface area contributed by atoms with Crippen molar-refractivity contribution < 1.29 is 13.5 Å². The largest absolute Gasteiger partial charge is 0.485 e. The van der Waals surface area contributed by atoms with Gasteiger partial charge >= 0.3 is 0 Å². The SMILES string of the molecule is Cc1ccc(C)c(-n2nc(-c3c(C)nc4c(OCc5ccc(F)c(F)c5)cccn4c3=O)cc2C)c1. The summed E-state index contributed by atoms with van der Waals surface area (Å²) in [5.74, 6) is -1.51. The second-order valence-corrected chi connectivity index (χ2v) is 8.85.